The second-order valence-electron chi connectivity index (χ2n) is 4.43. The Bertz CT molecular complexity index is 428. The van der Waals surface area contributed by atoms with Crippen LogP contribution < -0.4 is 5.32 Å². The Balaban J connectivity index is 2.70. The van der Waals surface area contributed by atoms with Gasteiger partial charge in [-0.05, 0) is 24.6 Å². The molecule has 0 aliphatic carbocycles. The molecule has 0 bridgehead atoms. The Hall–Kier alpha value is -1.84. The molecule has 0 aliphatic rings. The van der Waals surface area contributed by atoms with E-state index in [0.717, 1.165) is 12.8 Å². The van der Waals surface area contributed by atoms with Crippen LogP contribution in [-0.2, 0) is 4.79 Å². The van der Waals surface area contributed by atoms with E-state index >= 15 is 0 Å². The number of rotatable bonds is 5. The molecule has 1 aromatic rings. The van der Waals surface area contributed by atoms with Crippen molar-refractivity contribution in [1.82, 2.24) is 4.90 Å². The molecule has 0 fully saturated rings. The lowest BCUT2D eigenvalue weighted by atomic mass is 10.1. The van der Waals surface area contributed by atoms with Crippen LogP contribution in [0.1, 0.15) is 36.5 Å². The third kappa shape index (κ3) is 4.20. The van der Waals surface area contributed by atoms with Gasteiger partial charge in [0.05, 0.1) is 0 Å². The second kappa shape index (κ2) is 6.79. The Morgan fingerprint density at radius 2 is 2.00 bits per heavy atom. The molecular weight excluding hydrogens is 228 g/mol. The van der Waals surface area contributed by atoms with Gasteiger partial charge in [0, 0.05) is 31.8 Å². The lowest BCUT2D eigenvalue weighted by Gasteiger charge is -2.11. The fourth-order valence-corrected chi connectivity index (χ4v) is 1.55. The standard InChI is InChI=1S/C14H20N2O2/c1-4-5-9-13(17)15-12-8-6-7-11(10-12)14(18)16(2)3/h6-8,10H,4-5,9H2,1-3H3,(H,15,17). The summed E-state index contributed by atoms with van der Waals surface area (Å²) in [5, 5.41) is 2.80. The maximum Gasteiger partial charge on any atom is 0.253 e. The van der Waals surface area contributed by atoms with Crippen LogP contribution in [0, 0.1) is 0 Å². The number of benzene rings is 1. The number of carbonyl (C=O) groups is 2. The number of unbranched alkanes of at least 4 members (excludes halogenated alkanes) is 1. The fraction of sp³-hybridized carbons (Fsp3) is 0.429. The molecule has 0 radical (unpaired) electrons. The maximum absolute atomic E-state index is 11.8. The van der Waals surface area contributed by atoms with Gasteiger partial charge in [0.15, 0.2) is 0 Å². The van der Waals surface area contributed by atoms with Crippen molar-refractivity contribution in [3.05, 3.63) is 29.8 Å². The predicted molar refractivity (Wildman–Crippen MR) is 72.6 cm³/mol. The molecule has 0 saturated carbocycles. The van der Waals surface area contributed by atoms with Gasteiger partial charge in [0.1, 0.15) is 0 Å². The van der Waals surface area contributed by atoms with E-state index in [1.165, 1.54) is 4.90 Å². The van der Waals surface area contributed by atoms with Crippen LogP contribution in [0.4, 0.5) is 5.69 Å². The Morgan fingerprint density at radius 3 is 2.61 bits per heavy atom. The van der Waals surface area contributed by atoms with Crippen molar-refractivity contribution in [3.8, 4) is 0 Å². The van der Waals surface area contributed by atoms with E-state index in [4.69, 9.17) is 0 Å². The van der Waals surface area contributed by atoms with E-state index in [0.29, 0.717) is 17.7 Å². The molecule has 0 spiro atoms. The van der Waals surface area contributed by atoms with Gasteiger partial charge in [0.25, 0.3) is 5.91 Å². The fourth-order valence-electron chi connectivity index (χ4n) is 1.55. The van der Waals surface area contributed by atoms with Crippen LogP contribution in [0.5, 0.6) is 0 Å². The molecule has 0 atom stereocenters. The molecule has 1 rings (SSSR count). The zero-order chi connectivity index (χ0) is 13.5. The third-order valence-corrected chi connectivity index (χ3v) is 2.56. The first kappa shape index (κ1) is 14.2. The van der Waals surface area contributed by atoms with E-state index in [-0.39, 0.29) is 11.8 Å². The Labute approximate surface area is 108 Å². The molecule has 1 N–H and O–H groups in total. The Morgan fingerprint density at radius 1 is 1.28 bits per heavy atom. The molecule has 2 amide bonds. The van der Waals surface area contributed by atoms with Crippen molar-refractivity contribution >= 4 is 17.5 Å². The van der Waals surface area contributed by atoms with Crippen LogP contribution >= 0.6 is 0 Å². The average molecular weight is 248 g/mol. The van der Waals surface area contributed by atoms with E-state index in [1.807, 2.05) is 6.92 Å². The summed E-state index contributed by atoms with van der Waals surface area (Å²) in [6, 6.07) is 7.00. The summed E-state index contributed by atoms with van der Waals surface area (Å²) in [5.74, 6) is -0.0778. The minimum Gasteiger partial charge on any atom is -0.345 e. The first-order chi connectivity index (χ1) is 8.54. The van der Waals surface area contributed by atoms with Crippen molar-refractivity contribution < 1.29 is 9.59 Å². The highest BCUT2D eigenvalue weighted by molar-refractivity contribution is 5.96. The van der Waals surface area contributed by atoms with Crippen LogP contribution in [0.3, 0.4) is 0 Å². The molecule has 98 valence electrons. The monoisotopic (exact) mass is 248 g/mol. The van der Waals surface area contributed by atoms with Crippen LogP contribution in [-0.4, -0.2) is 30.8 Å². The number of carbonyl (C=O) groups excluding carboxylic acids is 2. The molecule has 0 saturated heterocycles. The van der Waals surface area contributed by atoms with E-state index in [9.17, 15) is 9.59 Å². The van der Waals surface area contributed by atoms with Crippen molar-refractivity contribution in [1.29, 1.82) is 0 Å². The van der Waals surface area contributed by atoms with Gasteiger partial charge in [-0.3, -0.25) is 9.59 Å². The molecule has 0 heterocycles. The number of nitrogens with zero attached hydrogens (tertiary/aromatic N) is 1. The minimum absolute atomic E-state index is 0.00805. The largest absolute Gasteiger partial charge is 0.345 e. The molecule has 4 heteroatoms. The predicted octanol–water partition coefficient (Wildman–Crippen LogP) is 2.52. The van der Waals surface area contributed by atoms with Gasteiger partial charge in [0.2, 0.25) is 5.91 Å². The van der Waals surface area contributed by atoms with Gasteiger partial charge < -0.3 is 10.2 Å². The van der Waals surface area contributed by atoms with Crippen molar-refractivity contribution in [2.45, 2.75) is 26.2 Å². The first-order valence-corrected chi connectivity index (χ1v) is 6.16. The summed E-state index contributed by atoms with van der Waals surface area (Å²) < 4.78 is 0. The summed E-state index contributed by atoms with van der Waals surface area (Å²) in [4.78, 5) is 24.9. The average Bonchev–Trinajstić information content (AvgIpc) is 2.35. The molecule has 1 aromatic carbocycles. The summed E-state index contributed by atoms with van der Waals surface area (Å²) in [6.45, 7) is 2.05. The van der Waals surface area contributed by atoms with Crippen molar-refractivity contribution in [2.75, 3.05) is 19.4 Å². The molecule has 18 heavy (non-hydrogen) atoms. The number of hydrogen-bond acceptors (Lipinski definition) is 2. The highest BCUT2D eigenvalue weighted by Gasteiger charge is 2.09. The summed E-state index contributed by atoms with van der Waals surface area (Å²) in [6.07, 6.45) is 2.39. The molecule has 0 aromatic heterocycles. The molecule has 4 nitrogen and oxygen atoms in total. The molecular formula is C14H20N2O2. The number of amides is 2. The SMILES string of the molecule is CCCCC(=O)Nc1cccc(C(=O)N(C)C)c1. The van der Waals surface area contributed by atoms with Crippen LogP contribution in [0.2, 0.25) is 0 Å². The zero-order valence-corrected chi connectivity index (χ0v) is 11.2. The lowest BCUT2D eigenvalue weighted by Crippen LogP contribution is -2.21. The highest BCUT2D eigenvalue weighted by Crippen LogP contribution is 2.12. The summed E-state index contributed by atoms with van der Waals surface area (Å²) in [7, 11) is 3.41. The summed E-state index contributed by atoms with van der Waals surface area (Å²) in [5.41, 5.74) is 1.25. The van der Waals surface area contributed by atoms with Crippen molar-refractivity contribution in [3.63, 3.8) is 0 Å². The van der Waals surface area contributed by atoms with Gasteiger partial charge >= 0.3 is 0 Å². The number of anilines is 1. The number of nitrogens with one attached hydrogen (secondary N) is 1. The molecule has 0 aliphatic heterocycles. The van der Waals surface area contributed by atoms with Gasteiger partial charge in [-0.15, -0.1) is 0 Å². The van der Waals surface area contributed by atoms with Crippen molar-refractivity contribution in [2.24, 2.45) is 0 Å². The highest BCUT2D eigenvalue weighted by atomic mass is 16.2. The van der Waals surface area contributed by atoms with Gasteiger partial charge in [-0.25, -0.2) is 0 Å². The van der Waals surface area contributed by atoms with Gasteiger partial charge in [-0.1, -0.05) is 19.4 Å². The lowest BCUT2D eigenvalue weighted by molar-refractivity contribution is -0.116. The third-order valence-electron chi connectivity index (χ3n) is 2.56. The minimum atomic E-state index is -0.0698. The first-order valence-electron chi connectivity index (χ1n) is 6.16. The summed E-state index contributed by atoms with van der Waals surface area (Å²) >= 11 is 0. The van der Waals surface area contributed by atoms with Gasteiger partial charge in [-0.2, -0.15) is 0 Å². The topological polar surface area (TPSA) is 49.4 Å². The van der Waals surface area contributed by atoms with E-state index in [2.05, 4.69) is 5.32 Å². The normalized spacial score (nSPS) is 9.94. The molecule has 0 unspecified atom stereocenters. The van der Waals surface area contributed by atoms with Crippen LogP contribution in [0.25, 0.3) is 0 Å². The number of hydrogen-bond donors (Lipinski definition) is 1. The van der Waals surface area contributed by atoms with Crippen LogP contribution in [0.15, 0.2) is 24.3 Å². The smallest absolute Gasteiger partial charge is 0.253 e. The quantitative estimate of drug-likeness (QED) is 0.870. The maximum atomic E-state index is 11.8. The Kier molecular flexibility index (Phi) is 5.36. The zero-order valence-electron chi connectivity index (χ0n) is 11.2. The second-order valence-corrected chi connectivity index (χ2v) is 4.43. The van der Waals surface area contributed by atoms with E-state index < -0.39 is 0 Å². The van der Waals surface area contributed by atoms with E-state index in [1.54, 1.807) is 38.4 Å².